The highest BCUT2D eigenvalue weighted by atomic mass is 15.3. The molecule has 1 saturated carbocycles. The van der Waals surface area contributed by atoms with Crippen LogP contribution >= 0.6 is 0 Å². The van der Waals surface area contributed by atoms with Crippen molar-refractivity contribution in [3.8, 4) is 0 Å². The molecule has 1 aromatic rings. The average molecular weight is 249 g/mol. The van der Waals surface area contributed by atoms with Gasteiger partial charge < -0.3 is 10.6 Å². The summed E-state index contributed by atoms with van der Waals surface area (Å²) in [5.74, 6) is 1.86. The van der Waals surface area contributed by atoms with E-state index < -0.39 is 0 Å². The number of hydrogen-bond donors (Lipinski definition) is 2. The number of aryl methyl sites for hydroxylation is 1. The summed E-state index contributed by atoms with van der Waals surface area (Å²) < 4.78 is 1.86. The van der Waals surface area contributed by atoms with Gasteiger partial charge in [0.2, 0.25) is 0 Å². The Bertz CT molecular complexity index is 392. The van der Waals surface area contributed by atoms with E-state index in [0.717, 1.165) is 30.7 Å². The van der Waals surface area contributed by atoms with Crippen LogP contribution in [0.15, 0.2) is 17.3 Å². The Balaban J connectivity index is 1.80. The molecule has 1 heterocycles. The maximum atomic E-state index is 4.57. The van der Waals surface area contributed by atoms with Crippen LogP contribution in [0.3, 0.4) is 0 Å². The molecule has 0 unspecified atom stereocenters. The Morgan fingerprint density at radius 1 is 1.50 bits per heavy atom. The number of nitrogens with one attached hydrogen (secondary N) is 2. The van der Waals surface area contributed by atoms with Gasteiger partial charge in [-0.25, -0.2) is 4.99 Å². The lowest BCUT2D eigenvalue weighted by atomic mass is 10.3. The molecule has 0 bridgehead atoms. The molecular weight excluding hydrogens is 226 g/mol. The highest BCUT2D eigenvalue weighted by Crippen LogP contribution is 2.31. The third kappa shape index (κ3) is 4.05. The molecule has 0 saturated heterocycles. The first-order chi connectivity index (χ1) is 8.79. The third-order valence-electron chi connectivity index (χ3n) is 3.21. The van der Waals surface area contributed by atoms with Crippen LogP contribution in [0, 0.1) is 5.92 Å². The van der Waals surface area contributed by atoms with E-state index >= 15 is 0 Å². The molecule has 0 aliphatic heterocycles. The van der Waals surface area contributed by atoms with Crippen molar-refractivity contribution in [2.24, 2.45) is 18.0 Å². The Labute approximate surface area is 109 Å². The molecule has 0 atom stereocenters. The first kappa shape index (κ1) is 12.9. The van der Waals surface area contributed by atoms with E-state index in [1.54, 1.807) is 6.20 Å². The predicted octanol–water partition coefficient (Wildman–Crippen LogP) is 1.28. The van der Waals surface area contributed by atoms with Crippen molar-refractivity contribution in [2.75, 3.05) is 13.1 Å². The number of aliphatic imine (C=N–C) groups is 1. The normalized spacial score (nSPS) is 15.8. The minimum atomic E-state index is 0.662. The first-order valence-electron chi connectivity index (χ1n) is 6.78. The quantitative estimate of drug-likeness (QED) is 0.590. The molecule has 0 amide bonds. The van der Waals surface area contributed by atoms with E-state index in [0.29, 0.717) is 6.54 Å². The van der Waals surface area contributed by atoms with Crippen molar-refractivity contribution >= 4 is 5.96 Å². The van der Waals surface area contributed by atoms with E-state index in [1.807, 2.05) is 17.8 Å². The summed E-state index contributed by atoms with van der Waals surface area (Å²) in [6.07, 6.45) is 5.88. The number of guanidine groups is 1. The van der Waals surface area contributed by atoms with Gasteiger partial charge >= 0.3 is 0 Å². The summed E-state index contributed by atoms with van der Waals surface area (Å²) in [5, 5.41) is 10.8. The number of hydrogen-bond acceptors (Lipinski definition) is 2. The van der Waals surface area contributed by atoms with E-state index in [1.165, 1.54) is 19.3 Å². The maximum Gasteiger partial charge on any atom is 0.191 e. The summed E-state index contributed by atoms with van der Waals surface area (Å²) in [6.45, 7) is 4.65. The van der Waals surface area contributed by atoms with Crippen molar-refractivity contribution in [3.05, 3.63) is 18.0 Å². The third-order valence-corrected chi connectivity index (χ3v) is 3.21. The van der Waals surface area contributed by atoms with Gasteiger partial charge in [0, 0.05) is 26.3 Å². The summed E-state index contributed by atoms with van der Waals surface area (Å²) in [7, 11) is 1.94. The molecule has 0 radical (unpaired) electrons. The molecule has 100 valence electrons. The second-order valence-corrected chi connectivity index (χ2v) is 4.80. The molecular formula is C13H23N5. The first-order valence-corrected chi connectivity index (χ1v) is 6.78. The molecule has 1 aromatic heterocycles. The summed E-state index contributed by atoms with van der Waals surface area (Å²) in [5.41, 5.74) is 1.12. The van der Waals surface area contributed by atoms with Gasteiger partial charge in [0.1, 0.15) is 0 Å². The van der Waals surface area contributed by atoms with Gasteiger partial charge in [0.15, 0.2) is 5.96 Å². The number of nitrogens with zero attached hydrogens (tertiary/aromatic N) is 3. The largest absolute Gasteiger partial charge is 0.357 e. The van der Waals surface area contributed by atoms with Crippen LogP contribution in [0.2, 0.25) is 0 Å². The van der Waals surface area contributed by atoms with Crippen LogP contribution in [-0.4, -0.2) is 28.8 Å². The SMILES string of the molecule is CCNC(=NCc1ccnn1C)NCCC1CC1. The fourth-order valence-corrected chi connectivity index (χ4v) is 1.86. The average Bonchev–Trinajstić information content (AvgIpc) is 3.09. The summed E-state index contributed by atoms with van der Waals surface area (Å²) in [4.78, 5) is 4.57. The fraction of sp³-hybridized carbons (Fsp3) is 0.692. The Hall–Kier alpha value is -1.52. The van der Waals surface area contributed by atoms with Gasteiger partial charge in [-0.2, -0.15) is 5.10 Å². The zero-order chi connectivity index (χ0) is 12.8. The lowest BCUT2D eigenvalue weighted by Crippen LogP contribution is -2.37. The van der Waals surface area contributed by atoms with Gasteiger partial charge in [-0.1, -0.05) is 12.8 Å². The van der Waals surface area contributed by atoms with E-state index in [9.17, 15) is 0 Å². The van der Waals surface area contributed by atoms with Crippen LogP contribution in [-0.2, 0) is 13.6 Å². The molecule has 0 aromatic carbocycles. The molecule has 2 N–H and O–H groups in total. The Morgan fingerprint density at radius 2 is 2.33 bits per heavy atom. The second-order valence-electron chi connectivity index (χ2n) is 4.80. The van der Waals surface area contributed by atoms with Crippen molar-refractivity contribution < 1.29 is 0 Å². The summed E-state index contributed by atoms with van der Waals surface area (Å²) >= 11 is 0. The maximum absolute atomic E-state index is 4.57. The van der Waals surface area contributed by atoms with Crippen molar-refractivity contribution in [3.63, 3.8) is 0 Å². The molecule has 1 aliphatic rings. The standard InChI is InChI=1S/C13H23N5/c1-3-14-13(15-8-6-11-4-5-11)16-10-12-7-9-17-18(12)2/h7,9,11H,3-6,8,10H2,1-2H3,(H2,14,15,16). The fourth-order valence-electron chi connectivity index (χ4n) is 1.86. The van der Waals surface area contributed by atoms with Crippen LogP contribution in [0.4, 0.5) is 0 Å². The van der Waals surface area contributed by atoms with E-state index in [-0.39, 0.29) is 0 Å². The van der Waals surface area contributed by atoms with Crippen molar-refractivity contribution in [2.45, 2.75) is 32.7 Å². The molecule has 0 spiro atoms. The topological polar surface area (TPSA) is 54.2 Å². The van der Waals surface area contributed by atoms with Gasteiger partial charge in [-0.05, 0) is 25.3 Å². The zero-order valence-corrected chi connectivity index (χ0v) is 11.3. The van der Waals surface area contributed by atoms with Gasteiger partial charge in [-0.15, -0.1) is 0 Å². The number of rotatable bonds is 6. The summed E-state index contributed by atoms with van der Waals surface area (Å²) in [6, 6.07) is 2.00. The lowest BCUT2D eigenvalue weighted by molar-refractivity contribution is 0.679. The Kier molecular flexibility index (Phi) is 4.61. The predicted molar refractivity (Wildman–Crippen MR) is 73.4 cm³/mol. The number of aromatic nitrogens is 2. The highest BCUT2D eigenvalue weighted by molar-refractivity contribution is 5.79. The second kappa shape index (κ2) is 6.42. The monoisotopic (exact) mass is 249 g/mol. The molecule has 5 nitrogen and oxygen atoms in total. The molecule has 1 fully saturated rings. The molecule has 5 heteroatoms. The minimum absolute atomic E-state index is 0.662. The van der Waals surface area contributed by atoms with Crippen molar-refractivity contribution in [1.29, 1.82) is 0 Å². The Morgan fingerprint density at radius 3 is 2.94 bits per heavy atom. The molecule has 2 rings (SSSR count). The highest BCUT2D eigenvalue weighted by Gasteiger charge is 2.20. The molecule has 18 heavy (non-hydrogen) atoms. The van der Waals surface area contributed by atoms with Crippen LogP contribution in [0.25, 0.3) is 0 Å². The van der Waals surface area contributed by atoms with Crippen LogP contribution < -0.4 is 10.6 Å². The van der Waals surface area contributed by atoms with Crippen LogP contribution in [0.5, 0.6) is 0 Å². The van der Waals surface area contributed by atoms with Crippen LogP contribution in [0.1, 0.15) is 31.9 Å². The van der Waals surface area contributed by atoms with Gasteiger partial charge in [-0.3, -0.25) is 4.68 Å². The zero-order valence-electron chi connectivity index (χ0n) is 11.3. The van der Waals surface area contributed by atoms with Crippen molar-refractivity contribution in [1.82, 2.24) is 20.4 Å². The lowest BCUT2D eigenvalue weighted by Gasteiger charge is -2.10. The van der Waals surface area contributed by atoms with E-state index in [4.69, 9.17) is 0 Å². The van der Waals surface area contributed by atoms with Gasteiger partial charge in [0.25, 0.3) is 0 Å². The smallest absolute Gasteiger partial charge is 0.191 e. The molecule has 1 aliphatic carbocycles. The van der Waals surface area contributed by atoms with E-state index in [2.05, 4.69) is 27.6 Å². The minimum Gasteiger partial charge on any atom is -0.357 e. The van der Waals surface area contributed by atoms with Gasteiger partial charge in [0.05, 0.1) is 12.2 Å².